The molecule has 26 heavy (non-hydrogen) atoms. The van der Waals surface area contributed by atoms with Crippen molar-refractivity contribution in [2.24, 2.45) is 5.92 Å². The molecule has 1 aliphatic rings. The number of aryl methyl sites for hydroxylation is 1. The average Bonchev–Trinajstić information content (AvgIpc) is 3.08. The van der Waals surface area contributed by atoms with Gasteiger partial charge in [-0.3, -0.25) is 4.79 Å². The molecule has 0 saturated carbocycles. The maximum atomic E-state index is 12.5. The summed E-state index contributed by atoms with van der Waals surface area (Å²) >= 11 is 0. The van der Waals surface area contributed by atoms with Crippen molar-refractivity contribution in [3.63, 3.8) is 0 Å². The molecular weight excluding hydrogens is 324 g/mol. The largest absolute Gasteiger partial charge is 0.357 e. The van der Waals surface area contributed by atoms with Crippen molar-refractivity contribution in [2.75, 3.05) is 26.2 Å². The summed E-state index contributed by atoms with van der Waals surface area (Å²) in [6.07, 6.45) is 2.51. The zero-order valence-electron chi connectivity index (χ0n) is 15.5. The van der Waals surface area contributed by atoms with Crippen LogP contribution in [0.15, 0.2) is 30.3 Å². The summed E-state index contributed by atoms with van der Waals surface area (Å²) in [6, 6.07) is 10.1. The van der Waals surface area contributed by atoms with Gasteiger partial charge in [0, 0.05) is 29.6 Å². The third kappa shape index (κ3) is 3.44. The Balaban J connectivity index is 1.45. The molecule has 0 atom stereocenters. The monoisotopic (exact) mass is 350 g/mol. The lowest BCUT2D eigenvalue weighted by atomic mass is 9.99. The molecule has 3 aromatic rings. The number of rotatable bonds is 4. The summed E-state index contributed by atoms with van der Waals surface area (Å²) in [6.45, 7) is 8.19. The standard InChI is InChI=1S/C21H26N4O/c1-14-7-10-25(11-8-14)12-9-22-21(26)18-13-17-6-5-16-4-3-15(2)23-19(16)20(17)24-18/h3-6,13-14,23H,7-12H2,1-2H3,(H,22,26). The number of carbonyl (C=O) groups excluding carboxylic acids is 1. The van der Waals surface area contributed by atoms with Gasteiger partial charge in [0.05, 0.1) is 11.0 Å². The second-order valence-corrected chi connectivity index (χ2v) is 7.53. The number of nitrogens with one attached hydrogen (secondary N) is 2. The van der Waals surface area contributed by atoms with Crippen LogP contribution in [0.3, 0.4) is 0 Å². The van der Waals surface area contributed by atoms with Gasteiger partial charge in [0.15, 0.2) is 0 Å². The first-order valence-corrected chi connectivity index (χ1v) is 9.50. The predicted molar refractivity (Wildman–Crippen MR) is 106 cm³/mol. The van der Waals surface area contributed by atoms with E-state index in [1.54, 1.807) is 0 Å². The van der Waals surface area contributed by atoms with Crippen molar-refractivity contribution in [2.45, 2.75) is 26.7 Å². The minimum absolute atomic E-state index is 0.0904. The Morgan fingerprint density at radius 3 is 2.77 bits per heavy atom. The number of aromatic amines is 1. The first kappa shape index (κ1) is 17.0. The lowest BCUT2D eigenvalue weighted by Crippen LogP contribution is -2.39. The fourth-order valence-electron chi connectivity index (χ4n) is 3.70. The Bertz CT molecular complexity index is 938. The van der Waals surface area contributed by atoms with Crippen molar-refractivity contribution in [3.8, 4) is 0 Å². The molecule has 0 unspecified atom stereocenters. The molecule has 5 heteroatoms. The molecule has 1 aliphatic heterocycles. The van der Waals surface area contributed by atoms with Gasteiger partial charge in [0.1, 0.15) is 5.69 Å². The molecule has 4 rings (SSSR count). The summed E-state index contributed by atoms with van der Waals surface area (Å²) in [5.74, 6) is 0.740. The zero-order valence-corrected chi connectivity index (χ0v) is 15.5. The molecule has 5 nitrogen and oxygen atoms in total. The number of hydrogen-bond donors (Lipinski definition) is 2. The molecule has 2 N–H and O–H groups in total. The zero-order chi connectivity index (χ0) is 18.1. The highest BCUT2D eigenvalue weighted by Crippen LogP contribution is 2.24. The van der Waals surface area contributed by atoms with Crippen LogP contribution in [0.2, 0.25) is 0 Å². The van der Waals surface area contributed by atoms with Crippen LogP contribution in [0.25, 0.3) is 21.8 Å². The van der Waals surface area contributed by atoms with E-state index in [2.05, 4.69) is 39.2 Å². The number of benzene rings is 1. The fraction of sp³-hybridized carbons (Fsp3) is 0.429. The van der Waals surface area contributed by atoms with E-state index in [0.717, 1.165) is 53.1 Å². The Morgan fingerprint density at radius 1 is 1.23 bits per heavy atom. The maximum absolute atomic E-state index is 12.5. The number of amides is 1. The van der Waals surface area contributed by atoms with E-state index >= 15 is 0 Å². The van der Waals surface area contributed by atoms with Crippen LogP contribution in [0.4, 0.5) is 0 Å². The molecule has 3 heterocycles. The van der Waals surface area contributed by atoms with Crippen molar-refractivity contribution in [1.82, 2.24) is 20.2 Å². The van der Waals surface area contributed by atoms with Crippen molar-refractivity contribution >= 4 is 27.7 Å². The predicted octanol–water partition coefficient (Wildman–Crippen LogP) is 3.49. The number of piperidine rings is 1. The smallest absolute Gasteiger partial charge is 0.269 e. The molecule has 0 spiro atoms. The van der Waals surface area contributed by atoms with Gasteiger partial charge in [-0.05, 0) is 50.9 Å². The van der Waals surface area contributed by atoms with E-state index in [1.165, 1.54) is 12.8 Å². The van der Waals surface area contributed by atoms with Crippen molar-refractivity contribution < 1.29 is 4.79 Å². The Kier molecular flexibility index (Phi) is 4.64. The first-order chi connectivity index (χ1) is 12.6. The third-order valence-electron chi connectivity index (χ3n) is 5.42. The highest BCUT2D eigenvalue weighted by molar-refractivity contribution is 6.07. The summed E-state index contributed by atoms with van der Waals surface area (Å²) < 4.78 is 0. The quantitative estimate of drug-likeness (QED) is 0.757. The Labute approximate surface area is 153 Å². The fourth-order valence-corrected chi connectivity index (χ4v) is 3.70. The Morgan fingerprint density at radius 2 is 1.96 bits per heavy atom. The molecule has 0 aliphatic carbocycles. The number of fused-ring (bicyclic) bond motifs is 3. The molecule has 1 amide bonds. The van der Waals surface area contributed by atoms with E-state index in [9.17, 15) is 4.79 Å². The molecular formula is C21H26N4O. The van der Waals surface area contributed by atoms with Crippen LogP contribution in [0.1, 0.15) is 35.9 Å². The third-order valence-corrected chi connectivity index (χ3v) is 5.42. The summed E-state index contributed by atoms with van der Waals surface area (Å²) in [4.78, 5) is 22.9. The van der Waals surface area contributed by atoms with Crippen LogP contribution in [-0.4, -0.2) is 47.0 Å². The number of pyridine rings is 1. The molecule has 2 aromatic heterocycles. The van der Waals surface area contributed by atoms with Crippen molar-refractivity contribution in [3.05, 3.63) is 41.7 Å². The van der Waals surface area contributed by atoms with Crippen LogP contribution in [-0.2, 0) is 0 Å². The number of hydrogen-bond acceptors (Lipinski definition) is 3. The lowest BCUT2D eigenvalue weighted by molar-refractivity contribution is 0.0940. The minimum atomic E-state index is -0.0904. The van der Waals surface area contributed by atoms with Gasteiger partial charge in [0.2, 0.25) is 0 Å². The summed E-state index contributed by atoms with van der Waals surface area (Å²) in [7, 11) is 0. The van der Waals surface area contributed by atoms with Crippen LogP contribution >= 0.6 is 0 Å². The van der Waals surface area contributed by atoms with Gasteiger partial charge < -0.3 is 15.2 Å². The van der Waals surface area contributed by atoms with E-state index < -0.39 is 0 Å². The van der Waals surface area contributed by atoms with E-state index in [0.29, 0.717) is 12.2 Å². The van der Waals surface area contributed by atoms with E-state index in [-0.39, 0.29) is 5.91 Å². The van der Waals surface area contributed by atoms with Gasteiger partial charge in [0.25, 0.3) is 5.91 Å². The van der Waals surface area contributed by atoms with Crippen LogP contribution in [0, 0.1) is 12.8 Å². The second-order valence-electron chi connectivity index (χ2n) is 7.53. The van der Waals surface area contributed by atoms with Gasteiger partial charge >= 0.3 is 0 Å². The number of carbonyl (C=O) groups is 1. The average molecular weight is 350 g/mol. The van der Waals surface area contributed by atoms with Crippen LogP contribution < -0.4 is 5.32 Å². The lowest BCUT2D eigenvalue weighted by Gasteiger charge is -2.30. The molecule has 1 fully saturated rings. The van der Waals surface area contributed by atoms with E-state index in [4.69, 9.17) is 0 Å². The van der Waals surface area contributed by atoms with Crippen LogP contribution in [0.5, 0.6) is 0 Å². The summed E-state index contributed by atoms with van der Waals surface area (Å²) in [5, 5.41) is 5.12. The highest BCUT2D eigenvalue weighted by atomic mass is 16.1. The minimum Gasteiger partial charge on any atom is -0.357 e. The maximum Gasteiger partial charge on any atom is 0.269 e. The van der Waals surface area contributed by atoms with Gasteiger partial charge in [-0.2, -0.15) is 0 Å². The van der Waals surface area contributed by atoms with Gasteiger partial charge in [-0.1, -0.05) is 25.1 Å². The SMILES string of the molecule is Cc1ccc2ccc3cc(C(=O)NCCN4CCC(C)CC4)nc3c2[nH]1. The second kappa shape index (κ2) is 7.08. The van der Waals surface area contributed by atoms with Crippen molar-refractivity contribution in [1.29, 1.82) is 0 Å². The Hall–Kier alpha value is -2.40. The van der Waals surface area contributed by atoms with Gasteiger partial charge in [-0.15, -0.1) is 0 Å². The number of likely N-dealkylation sites (tertiary alicyclic amines) is 1. The first-order valence-electron chi connectivity index (χ1n) is 9.50. The molecule has 0 bridgehead atoms. The molecule has 1 aromatic carbocycles. The highest BCUT2D eigenvalue weighted by Gasteiger charge is 2.16. The normalized spacial score (nSPS) is 16.4. The molecule has 0 radical (unpaired) electrons. The molecule has 1 saturated heterocycles. The molecule has 136 valence electrons. The van der Waals surface area contributed by atoms with E-state index in [1.807, 2.05) is 25.1 Å². The number of aromatic nitrogens is 2. The summed E-state index contributed by atoms with van der Waals surface area (Å²) in [5.41, 5.74) is 3.43. The number of H-pyrrole nitrogens is 1. The number of nitrogens with zero attached hydrogens (tertiary/aromatic N) is 2. The topological polar surface area (TPSA) is 61.0 Å². The van der Waals surface area contributed by atoms with Gasteiger partial charge in [-0.25, -0.2) is 4.98 Å².